The number of rotatable bonds is 7. The summed E-state index contributed by atoms with van der Waals surface area (Å²) in [5, 5.41) is 7.10. The Hall–Kier alpha value is -3.53. The molecule has 0 saturated heterocycles. The zero-order valence-electron chi connectivity index (χ0n) is 15.3. The minimum Gasteiger partial charge on any atom is -0.459 e. The Labute approximate surface area is 169 Å². The number of anilines is 2. The molecule has 0 aliphatic carbocycles. The van der Waals surface area contributed by atoms with E-state index in [2.05, 4.69) is 15.6 Å². The van der Waals surface area contributed by atoms with Crippen LogP contribution in [0.5, 0.6) is 0 Å². The van der Waals surface area contributed by atoms with Crippen LogP contribution in [0.15, 0.2) is 52.5 Å². The minimum absolute atomic E-state index is 0.0309. The lowest BCUT2D eigenvalue weighted by atomic mass is 10.3. The highest BCUT2D eigenvalue weighted by Gasteiger charge is 2.17. The van der Waals surface area contributed by atoms with Gasteiger partial charge in [-0.3, -0.25) is 19.7 Å². The standard InChI is InChI=1S/C19H17FN4O4S/c1-24(10-16(25)21-13-5-2-4-12(20)8-13)17(26)9-14-11-29-19(22-14)23-18(27)15-6-3-7-28-15/h2-8,11H,9-10H2,1H3,(H,21,25)(H,22,23,27). The predicted molar refractivity (Wildman–Crippen MR) is 105 cm³/mol. The highest BCUT2D eigenvalue weighted by molar-refractivity contribution is 7.14. The van der Waals surface area contributed by atoms with E-state index in [1.165, 1.54) is 53.8 Å². The average molecular weight is 416 g/mol. The van der Waals surface area contributed by atoms with Crippen LogP contribution in [0.4, 0.5) is 15.2 Å². The van der Waals surface area contributed by atoms with Crippen molar-refractivity contribution in [2.45, 2.75) is 6.42 Å². The molecule has 0 atom stereocenters. The van der Waals surface area contributed by atoms with Gasteiger partial charge in [0.25, 0.3) is 5.91 Å². The van der Waals surface area contributed by atoms with E-state index in [1.54, 1.807) is 17.5 Å². The lowest BCUT2D eigenvalue weighted by Gasteiger charge is -2.16. The van der Waals surface area contributed by atoms with Crippen LogP contribution in [0.2, 0.25) is 0 Å². The van der Waals surface area contributed by atoms with Gasteiger partial charge in [-0.1, -0.05) is 6.07 Å². The lowest BCUT2D eigenvalue weighted by Crippen LogP contribution is -2.35. The van der Waals surface area contributed by atoms with Gasteiger partial charge in [-0.25, -0.2) is 9.37 Å². The number of benzene rings is 1. The Bertz CT molecular complexity index is 1020. The Morgan fingerprint density at radius 3 is 2.76 bits per heavy atom. The molecular formula is C19H17FN4O4S. The second kappa shape index (κ2) is 9.11. The first-order valence-corrected chi connectivity index (χ1v) is 9.37. The predicted octanol–water partition coefficient (Wildman–Crippen LogP) is 2.77. The van der Waals surface area contributed by atoms with Gasteiger partial charge < -0.3 is 14.6 Å². The van der Waals surface area contributed by atoms with Crippen LogP contribution < -0.4 is 10.6 Å². The fourth-order valence-corrected chi connectivity index (χ4v) is 3.08. The normalized spacial score (nSPS) is 10.4. The quantitative estimate of drug-likeness (QED) is 0.616. The molecule has 0 unspecified atom stereocenters. The zero-order chi connectivity index (χ0) is 20.8. The molecule has 0 bridgehead atoms. The third-order valence-electron chi connectivity index (χ3n) is 3.76. The van der Waals surface area contributed by atoms with Gasteiger partial charge in [-0.15, -0.1) is 11.3 Å². The molecule has 150 valence electrons. The third kappa shape index (κ3) is 5.72. The molecule has 29 heavy (non-hydrogen) atoms. The number of halogens is 1. The van der Waals surface area contributed by atoms with Crippen LogP contribution in [0.3, 0.4) is 0 Å². The first kappa shape index (κ1) is 20.2. The molecule has 10 heteroatoms. The second-order valence-corrected chi connectivity index (χ2v) is 6.92. The van der Waals surface area contributed by atoms with Gasteiger partial charge >= 0.3 is 0 Å². The van der Waals surface area contributed by atoms with Crippen molar-refractivity contribution in [1.29, 1.82) is 0 Å². The summed E-state index contributed by atoms with van der Waals surface area (Å²) in [4.78, 5) is 41.7. The van der Waals surface area contributed by atoms with Crippen molar-refractivity contribution in [3.63, 3.8) is 0 Å². The van der Waals surface area contributed by atoms with Crippen LogP contribution in [0, 0.1) is 5.82 Å². The maximum absolute atomic E-state index is 13.2. The molecule has 3 amide bonds. The SMILES string of the molecule is CN(CC(=O)Nc1cccc(F)c1)C(=O)Cc1csc(NC(=O)c2ccco2)n1. The molecule has 1 aromatic carbocycles. The van der Waals surface area contributed by atoms with E-state index in [4.69, 9.17) is 4.42 Å². The number of aromatic nitrogens is 1. The Morgan fingerprint density at radius 2 is 2.03 bits per heavy atom. The van der Waals surface area contributed by atoms with Crippen LogP contribution in [-0.2, 0) is 16.0 Å². The molecule has 3 rings (SSSR count). The van der Waals surface area contributed by atoms with Crippen LogP contribution >= 0.6 is 11.3 Å². The summed E-state index contributed by atoms with van der Waals surface area (Å²) in [6.07, 6.45) is 1.36. The Morgan fingerprint density at radius 1 is 1.21 bits per heavy atom. The highest BCUT2D eigenvalue weighted by atomic mass is 32.1. The van der Waals surface area contributed by atoms with Crippen molar-refractivity contribution in [3.05, 3.63) is 65.3 Å². The largest absolute Gasteiger partial charge is 0.459 e. The number of hydrogen-bond acceptors (Lipinski definition) is 6. The van der Waals surface area contributed by atoms with Gasteiger partial charge in [-0.05, 0) is 30.3 Å². The number of amides is 3. The maximum Gasteiger partial charge on any atom is 0.293 e. The molecule has 2 N–H and O–H groups in total. The van der Waals surface area contributed by atoms with Crippen molar-refractivity contribution in [3.8, 4) is 0 Å². The molecule has 0 aliphatic rings. The van der Waals surface area contributed by atoms with E-state index < -0.39 is 17.6 Å². The van der Waals surface area contributed by atoms with Gasteiger partial charge in [0.2, 0.25) is 11.8 Å². The molecule has 0 spiro atoms. The fraction of sp³-hybridized carbons (Fsp3) is 0.158. The Balaban J connectivity index is 1.50. The smallest absolute Gasteiger partial charge is 0.293 e. The Kier molecular flexibility index (Phi) is 6.35. The van der Waals surface area contributed by atoms with Gasteiger partial charge in [-0.2, -0.15) is 0 Å². The fourth-order valence-electron chi connectivity index (χ4n) is 2.37. The summed E-state index contributed by atoms with van der Waals surface area (Å²) in [6.45, 7) is -0.193. The van der Waals surface area contributed by atoms with E-state index in [0.29, 0.717) is 16.5 Å². The minimum atomic E-state index is -0.467. The molecule has 0 saturated carbocycles. The van der Waals surface area contributed by atoms with E-state index in [9.17, 15) is 18.8 Å². The highest BCUT2D eigenvalue weighted by Crippen LogP contribution is 2.17. The summed E-state index contributed by atoms with van der Waals surface area (Å²) in [5.41, 5.74) is 0.777. The van der Waals surface area contributed by atoms with E-state index in [1.807, 2.05) is 0 Å². The molecule has 0 radical (unpaired) electrons. The summed E-state index contributed by atoms with van der Waals surface area (Å²) in [5.74, 6) is -1.52. The molecule has 8 nitrogen and oxygen atoms in total. The van der Waals surface area contributed by atoms with Crippen molar-refractivity contribution in [2.24, 2.45) is 0 Å². The number of nitrogens with one attached hydrogen (secondary N) is 2. The topological polar surface area (TPSA) is 105 Å². The third-order valence-corrected chi connectivity index (χ3v) is 4.57. The van der Waals surface area contributed by atoms with Gasteiger partial charge in [0, 0.05) is 18.1 Å². The molecule has 0 aliphatic heterocycles. The van der Waals surface area contributed by atoms with Gasteiger partial charge in [0.05, 0.1) is 24.9 Å². The van der Waals surface area contributed by atoms with Crippen LogP contribution in [0.1, 0.15) is 16.2 Å². The average Bonchev–Trinajstić information content (AvgIpc) is 3.33. The number of nitrogens with zero attached hydrogens (tertiary/aromatic N) is 2. The summed E-state index contributed by atoms with van der Waals surface area (Å²) >= 11 is 1.18. The van der Waals surface area contributed by atoms with Crippen LogP contribution in [0.25, 0.3) is 0 Å². The number of likely N-dealkylation sites (N-methyl/N-ethyl adjacent to an activating group) is 1. The summed E-state index contributed by atoms with van der Waals surface area (Å²) in [7, 11) is 1.49. The lowest BCUT2D eigenvalue weighted by molar-refractivity contribution is -0.132. The molecule has 2 aromatic heterocycles. The molecular weight excluding hydrogens is 399 g/mol. The number of carbonyl (C=O) groups is 3. The number of thiazole rings is 1. The zero-order valence-corrected chi connectivity index (χ0v) is 16.2. The van der Waals surface area contributed by atoms with Crippen molar-refractivity contribution in [2.75, 3.05) is 24.2 Å². The molecule has 3 aromatic rings. The van der Waals surface area contributed by atoms with Crippen molar-refractivity contribution < 1.29 is 23.2 Å². The second-order valence-electron chi connectivity index (χ2n) is 6.06. The van der Waals surface area contributed by atoms with Gasteiger partial charge in [0.15, 0.2) is 10.9 Å². The first-order chi connectivity index (χ1) is 13.9. The van der Waals surface area contributed by atoms with E-state index in [0.717, 1.165) is 0 Å². The summed E-state index contributed by atoms with van der Waals surface area (Å²) < 4.78 is 18.2. The maximum atomic E-state index is 13.2. The monoisotopic (exact) mass is 416 g/mol. The van der Waals surface area contributed by atoms with E-state index in [-0.39, 0.29) is 24.6 Å². The van der Waals surface area contributed by atoms with Crippen LogP contribution in [-0.4, -0.2) is 41.2 Å². The number of hydrogen-bond donors (Lipinski definition) is 2. The van der Waals surface area contributed by atoms with Crippen molar-refractivity contribution >= 4 is 39.9 Å². The number of furan rings is 1. The van der Waals surface area contributed by atoms with E-state index >= 15 is 0 Å². The first-order valence-electron chi connectivity index (χ1n) is 8.49. The van der Waals surface area contributed by atoms with Gasteiger partial charge in [0.1, 0.15) is 5.82 Å². The molecule has 2 heterocycles. The molecule has 0 fully saturated rings. The van der Waals surface area contributed by atoms with Crippen molar-refractivity contribution in [1.82, 2.24) is 9.88 Å². The summed E-state index contributed by atoms with van der Waals surface area (Å²) in [6, 6.07) is 8.61. The number of carbonyl (C=O) groups excluding carboxylic acids is 3.